The van der Waals surface area contributed by atoms with Gasteiger partial charge in [0.2, 0.25) is 0 Å². The van der Waals surface area contributed by atoms with Crippen molar-refractivity contribution < 1.29 is 4.79 Å². The molecule has 7 nitrogen and oxygen atoms in total. The van der Waals surface area contributed by atoms with E-state index in [-0.39, 0.29) is 11.9 Å². The first-order valence-electron chi connectivity index (χ1n) is 8.83. The number of nitrogens with zero attached hydrogens (tertiary/aromatic N) is 5. The summed E-state index contributed by atoms with van der Waals surface area (Å²) >= 11 is 0. The lowest BCUT2D eigenvalue weighted by Gasteiger charge is -2.24. The van der Waals surface area contributed by atoms with E-state index in [1.165, 1.54) is 5.56 Å². The van der Waals surface area contributed by atoms with Crippen molar-refractivity contribution in [2.45, 2.75) is 25.4 Å². The van der Waals surface area contributed by atoms with Crippen molar-refractivity contribution in [2.24, 2.45) is 0 Å². The van der Waals surface area contributed by atoms with Crippen LogP contribution in [0.5, 0.6) is 0 Å². The second kappa shape index (κ2) is 6.84. The number of carbonyl (C=O) groups is 1. The number of nitrogens with one attached hydrogen (secondary N) is 1. The van der Waals surface area contributed by atoms with Crippen molar-refractivity contribution in [3.05, 3.63) is 53.3 Å². The molecule has 1 fully saturated rings. The van der Waals surface area contributed by atoms with Gasteiger partial charge in [-0.05, 0) is 56.8 Å². The van der Waals surface area contributed by atoms with E-state index in [4.69, 9.17) is 0 Å². The van der Waals surface area contributed by atoms with Crippen LogP contribution in [0.3, 0.4) is 0 Å². The molecular weight excluding hydrogens is 328 g/mol. The predicted molar refractivity (Wildman–Crippen MR) is 98.5 cm³/mol. The van der Waals surface area contributed by atoms with Crippen LogP contribution in [0.4, 0.5) is 0 Å². The summed E-state index contributed by atoms with van der Waals surface area (Å²) in [5, 5.41) is 10.7. The average Bonchev–Trinajstić information content (AvgIpc) is 3.30. The summed E-state index contributed by atoms with van der Waals surface area (Å²) in [6.45, 7) is 1.61. The zero-order valence-electron chi connectivity index (χ0n) is 15.0. The molecule has 0 radical (unpaired) electrons. The van der Waals surface area contributed by atoms with Crippen molar-refractivity contribution >= 4 is 16.9 Å². The Balaban J connectivity index is 1.56. The lowest BCUT2D eigenvalue weighted by molar-refractivity contribution is 0.0733. The number of benzene rings is 1. The Morgan fingerprint density at radius 3 is 2.85 bits per heavy atom. The van der Waals surface area contributed by atoms with Crippen LogP contribution in [0.15, 0.2) is 36.5 Å². The van der Waals surface area contributed by atoms with E-state index in [0.717, 1.165) is 37.1 Å². The van der Waals surface area contributed by atoms with Gasteiger partial charge in [-0.3, -0.25) is 9.78 Å². The molecule has 7 heteroatoms. The van der Waals surface area contributed by atoms with Gasteiger partial charge >= 0.3 is 0 Å². The number of H-pyrrole nitrogens is 1. The number of hydrogen-bond donors (Lipinski definition) is 1. The van der Waals surface area contributed by atoms with Gasteiger partial charge in [0, 0.05) is 24.8 Å². The van der Waals surface area contributed by atoms with E-state index in [2.05, 4.69) is 37.4 Å². The maximum absolute atomic E-state index is 13.0. The zero-order valence-corrected chi connectivity index (χ0v) is 15.0. The highest BCUT2D eigenvalue weighted by molar-refractivity contribution is 5.97. The van der Waals surface area contributed by atoms with Crippen molar-refractivity contribution in [2.75, 3.05) is 20.6 Å². The Labute approximate surface area is 152 Å². The highest BCUT2D eigenvalue weighted by atomic mass is 16.2. The number of pyridine rings is 1. The third-order valence-electron chi connectivity index (χ3n) is 4.76. The fourth-order valence-corrected chi connectivity index (χ4v) is 3.55. The fourth-order valence-electron chi connectivity index (χ4n) is 3.55. The standard InChI is InChI=1S/C19H22N6O/c1-24(2)12-13-5-7-16(20-11-13)18-4-3-9-25(18)19(26)14-6-8-15-17(10-14)22-23-21-15/h5-8,10-11,18H,3-4,9,12H2,1-2H3,(H,21,22,23). The van der Waals surface area contributed by atoms with E-state index in [1.54, 1.807) is 6.07 Å². The van der Waals surface area contributed by atoms with Gasteiger partial charge in [0.1, 0.15) is 11.0 Å². The molecule has 0 saturated carbocycles. The molecule has 0 aliphatic carbocycles. The highest BCUT2D eigenvalue weighted by Crippen LogP contribution is 2.32. The van der Waals surface area contributed by atoms with E-state index in [1.807, 2.05) is 37.3 Å². The molecule has 0 bridgehead atoms. The Hall–Kier alpha value is -2.80. The normalized spacial score (nSPS) is 17.3. The summed E-state index contributed by atoms with van der Waals surface area (Å²) in [5.41, 5.74) is 4.24. The van der Waals surface area contributed by atoms with Gasteiger partial charge in [0.25, 0.3) is 5.91 Å². The van der Waals surface area contributed by atoms with Crippen LogP contribution in [0.1, 0.15) is 40.5 Å². The molecule has 1 saturated heterocycles. The third-order valence-corrected chi connectivity index (χ3v) is 4.76. The molecule has 1 atom stereocenters. The summed E-state index contributed by atoms with van der Waals surface area (Å²) in [5.74, 6) is 0.0246. The molecule has 1 N–H and O–H groups in total. The van der Waals surface area contributed by atoms with Gasteiger partial charge in [0.05, 0.1) is 11.7 Å². The average molecular weight is 350 g/mol. The largest absolute Gasteiger partial charge is 0.330 e. The van der Waals surface area contributed by atoms with Gasteiger partial charge in [0.15, 0.2) is 0 Å². The van der Waals surface area contributed by atoms with Crippen molar-refractivity contribution in [3.8, 4) is 0 Å². The molecule has 3 aromatic rings. The van der Waals surface area contributed by atoms with Crippen LogP contribution >= 0.6 is 0 Å². The van der Waals surface area contributed by atoms with Crippen LogP contribution in [0, 0.1) is 0 Å². The molecule has 3 heterocycles. The Morgan fingerprint density at radius 2 is 2.08 bits per heavy atom. The molecule has 1 unspecified atom stereocenters. The summed E-state index contributed by atoms with van der Waals surface area (Å²) in [6.07, 6.45) is 3.85. The molecule has 1 aromatic carbocycles. The number of likely N-dealkylation sites (tertiary alicyclic amines) is 1. The lowest BCUT2D eigenvalue weighted by atomic mass is 10.1. The number of hydrogen-bond acceptors (Lipinski definition) is 5. The molecule has 134 valence electrons. The molecular formula is C19H22N6O. The minimum atomic E-state index is 0.0246. The van der Waals surface area contributed by atoms with Gasteiger partial charge in [-0.15, -0.1) is 0 Å². The maximum atomic E-state index is 13.0. The quantitative estimate of drug-likeness (QED) is 0.782. The minimum Gasteiger partial charge on any atom is -0.330 e. The van der Waals surface area contributed by atoms with Crippen LogP contribution in [-0.4, -0.2) is 56.7 Å². The number of aromatic amines is 1. The van der Waals surface area contributed by atoms with Gasteiger partial charge in [-0.1, -0.05) is 6.07 Å². The zero-order chi connectivity index (χ0) is 18.1. The topological polar surface area (TPSA) is 78.0 Å². The molecule has 2 aromatic heterocycles. The fraction of sp³-hybridized carbons (Fsp3) is 0.368. The first kappa shape index (κ1) is 16.7. The van der Waals surface area contributed by atoms with E-state index in [0.29, 0.717) is 11.1 Å². The number of fused-ring (bicyclic) bond motifs is 1. The van der Waals surface area contributed by atoms with Crippen molar-refractivity contribution in [1.82, 2.24) is 30.2 Å². The summed E-state index contributed by atoms with van der Waals surface area (Å²) in [7, 11) is 4.08. The highest BCUT2D eigenvalue weighted by Gasteiger charge is 2.31. The number of rotatable bonds is 4. The molecule has 0 spiro atoms. The van der Waals surface area contributed by atoms with E-state index >= 15 is 0 Å². The molecule has 1 aliphatic rings. The summed E-state index contributed by atoms with van der Waals surface area (Å²) in [6, 6.07) is 9.62. The first-order valence-corrected chi connectivity index (χ1v) is 8.83. The third kappa shape index (κ3) is 3.17. The molecule has 26 heavy (non-hydrogen) atoms. The predicted octanol–water partition coefficient (Wildman–Crippen LogP) is 2.39. The van der Waals surface area contributed by atoms with Crippen LogP contribution in [-0.2, 0) is 6.54 Å². The summed E-state index contributed by atoms with van der Waals surface area (Å²) < 4.78 is 0. The Bertz CT molecular complexity index is 917. The van der Waals surface area contributed by atoms with E-state index in [9.17, 15) is 4.79 Å². The number of aromatic nitrogens is 4. The van der Waals surface area contributed by atoms with E-state index < -0.39 is 0 Å². The van der Waals surface area contributed by atoms with Crippen LogP contribution in [0.2, 0.25) is 0 Å². The molecule has 1 amide bonds. The maximum Gasteiger partial charge on any atom is 0.254 e. The first-order chi connectivity index (χ1) is 12.6. The second-order valence-corrected chi connectivity index (χ2v) is 7.01. The van der Waals surface area contributed by atoms with Crippen LogP contribution < -0.4 is 0 Å². The van der Waals surface area contributed by atoms with Crippen molar-refractivity contribution in [3.63, 3.8) is 0 Å². The monoisotopic (exact) mass is 350 g/mol. The van der Waals surface area contributed by atoms with Gasteiger partial charge in [-0.2, -0.15) is 15.4 Å². The van der Waals surface area contributed by atoms with Gasteiger partial charge < -0.3 is 9.80 Å². The second-order valence-electron chi connectivity index (χ2n) is 7.01. The minimum absolute atomic E-state index is 0.0246. The lowest BCUT2D eigenvalue weighted by Crippen LogP contribution is -2.31. The number of carbonyl (C=O) groups excluding carboxylic acids is 1. The van der Waals surface area contributed by atoms with Crippen LogP contribution in [0.25, 0.3) is 11.0 Å². The Morgan fingerprint density at radius 1 is 1.23 bits per heavy atom. The smallest absolute Gasteiger partial charge is 0.254 e. The molecule has 4 rings (SSSR count). The number of amides is 1. The molecule has 1 aliphatic heterocycles. The van der Waals surface area contributed by atoms with Crippen molar-refractivity contribution in [1.29, 1.82) is 0 Å². The summed E-state index contributed by atoms with van der Waals surface area (Å²) in [4.78, 5) is 21.7. The SMILES string of the molecule is CN(C)Cc1ccc(C2CCCN2C(=O)c2ccc3n[nH]nc3c2)nc1. The Kier molecular flexibility index (Phi) is 4.38. The van der Waals surface area contributed by atoms with Gasteiger partial charge in [-0.25, -0.2) is 0 Å².